The molecule has 5 nitrogen and oxygen atoms in total. The summed E-state index contributed by atoms with van der Waals surface area (Å²) in [5, 5.41) is 20.4. The van der Waals surface area contributed by atoms with Crippen molar-refractivity contribution in [3.8, 4) is 11.5 Å². The van der Waals surface area contributed by atoms with Gasteiger partial charge in [0.25, 0.3) is 5.69 Å². The van der Waals surface area contributed by atoms with Gasteiger partial charge in [-0.05, 0) is 34.1 Å². The number of benzene rings is 2. The Morgan fingerprint density at radius 1 is 1.30 bits per heavy atom. The van der Waals surface area contributed by atoms with Crippen LogP contribution in [0.15, 0.2) is 40.9 Å². The second-order valence-electron chi connectivity index (χ2n) is 3.85. The van der Waals surface area contributed by atoms with Gasteiger partial charge in [-0.25, -0.2) is 0 Å². The molecule has 0 fully saturated rings. The molecular weight excluding hydrogens is 350 g/mol. The number of aliphatic hydroxyl groups is 1. The maximum atomic E-state index is 10.8. The number of ether oxygens (including phenoxy) is 1. The molecule has 0 unspecified atom stereocenters. The quantitative estimate of drug-likeness (QED) is 0.653. The first-order valence-corrected chi connectivity index (χ1v) is 6.70. The molecule has 20 heavy (non-hydrogen) atoms. The molecule has 7 heteroatoms. The van der Waals surface area contributed by atoms with Gasteiger partial charge in [0.15, 0.2) is 0 Å². The second kappa shape index (κ2) is 6.21. The molecule has 0 aliphatic heterocycles. The lowest BCUT2D eigenvalue weighted by Crippen LogP contribution is -1.95. The van der Waals surface area contributed by atoms with Gasteiger partial charge in [-0.3, -0.25) is 10.1 Å². The van der Waals surface area contributed by atoms with Gasteiger partial charge in [0.2, 0.25) is 0 Å². The van der Waals surface area contributed by atoms with Crippen molar-refractivity contribution in [1.82, 2.24) is 0 Å². The molecule has 0 saturated carbocycles. The summed E-state index contributed by atoms with van der Waals surface area (Å²) >= 11 is 9.22. The summed E-state index contributed by atoms with van der Waals surface area (Å²) in [4.78, 5) is 10.3. The standard InChI is InChI=1S/C13H9BrClNO4/c14-10-5-4-8(16(18)19)6-13(10)20-12-3-1-2-11(15)9(12)7-17/h1-6,17H,7H2. The van der Waals surface area contributed by atoms with Gasteiger partial charge in [-0.2, -0.15) is 0 Å². The number of nitrogens with zero attached hydrogens (tertiary/aromatic N) is 1. The fraction of sp³-hybridized carbons (Fsp3) is 0.0769. The first kappa shape index (κ1) is 14.8. The predicted octanol–water partition coefficient (Wildman–Crippen LogP) is 4.30. The molecular formula is C13H9BrClNO4. The molecule has 0 aliphatic rings. The van der Waals surface area contributed by atoms with E-state index in [9.17, 15) is 15.2 Å². The molecule has 0 radical (unpaired) electrons. The molecule has 0 heterocycles. The fourth-order valence-corrected chi connectivity index (χ4v) is 2.14. The molecule has 2 aromatic carbocycles. The third kappa shape index (κ3) is 3.09. The van der Waals surface area contributed by atoms with Crippen LogP contribution < -0.4 is 4.74 Å². The third-order valence-corrected chi connectivity index (χ3v) is 3.59. The van der Waals surface area contributed by atoms with E-state index in [1.165, 1.54) is 18.2 Å². The van der Waals surface area contributed by atoms with Gasteiger partial charge >= 0.3 is 0 Å². The highest BCUT2D eigenvalue weighted by Gasteiger charge is 2.14. The van der Waals surface area contributed by atoms with Crippen LogP contribution in [0.3, 0.4) is 0 Å². The maximum absolute atomic E-state index is 10.8. The Morgan fingerprint density at radius 3 is 2.70 bits per heavy atom. The number of aliphatic hydroxyl groups excluding tert-OH is 1. The Morgan fingerprint density at radius 2 is 2.05 bits per heavy atom. The fourth-order valence-electron chi connectivity index (χ4n) is 1.59. The van der Waals surface area contributed by atoms with E-state index in [4.69, 9.17) is 16.3 Å². The van der Waals surface area contributed by atoms with Crippen LogP contribution in [-0.4, -0.2) is 10.0 Å². The van der Waals surface area contributed by atoms with E-state index in [2.05, 4.69) is 15.9 Å². The van der Waals surface area contributed by atoms with Crippen LogP contribution in [0, 0.1) is 10.1 Å². The first-order chi connectivity index (χ1) is 9.52. The van der Waals surface area contributed by atoms with Crippen molar-refractivity contribution in [3.63, 3.8) is 0 Å². The molecule has 0 atom stereocenters. The Bertz CT molecular complexity index is 663. The molecule has 0 saturated heterocycles. The minimum Gasteiger partial charge on any atom is -0.455 e. The van der Waals surface area contributed by atoms with Gasteiger partial charge < -0.3 is 9.84 Å². The van der Waals surface area contributed by atoms with Crippen molar-refractivity contribution in [1.29, 1.82) is 0 Å². The molecule has 104 valence electrons. The average Bonchev–Trinajstić information content (AvgIpc) is 2.41. The maximum Gasteiger partial charge on any atom is 0.273 e. The van der Waals surface area contributed by atoms with E-state index < -0.39 is 4.92 Å². The summed E-state index contributed by atoms with van der Waals surface area (Å²) in [6, 6.07) is 9.11. The van der Waals surface area contributed by atoms with Crippen molar-refractivity contribution in [2.24, 2.45) is 0 Å². The van der Waals surface area contributed by atoms with E-state index in [0.717, 1.165) is 0 Å². The third-order valence-electron chi connectivity index (χ3n) is 2.58. The molecule has 0 bridgehead atoms. The number of non-ortho nitro benzene ring substituents is 1. The molecule has 2 aromatic rings. The van der Waals surface area contributed by atoms with Crippen molar-refractivity contribution >= 4 is 33.2 Å². The summed E-state index contributed by atoms with van der Waals surface area (Å²) < 4.78 is 6.17. The monoisotopic (exact) mass is 357 g/mol. The van der Waals surface area contributed by atoms with Crippen molar-refractivity contribution < 1.29 is 14.8 Å². The van der Waals surface area contributed by atoms with Crippen molar-refractivity contribution in [2.45, 2.75) is 6.61 Å². The van der Waals surface area contributed by atoms with Crippen LogP contribution in [0.1, 0.15) is 5.56 Å². The van der Waals surface area contributed by atoms with Gasteiger partial charge in [0.1, 0.15) is 11.5 Å². The summed E-state index contributed by atoms with van der Waals surface area (Å²) in [5.74, 6) is 0.623. The van der Waals surface area contributed by atoms with Crippen LogP contribution >= 0.6 is 27.5 Å². The average molecular weight is 359 g/mol. The highest BCUT2D eigenvalue weighted by molar-refractivity contribution is 9.10. The van der Waals surface area contributed by atoms with E-state index in [0.29, 0.717) is 20.8 Å². The summed E-state index contributed by atoms with van der Waals surface area (Å²) in [7, 11) is 0. The van der Waals surface area contributed by atoms with Gasteiger partial charge in [-0.1, -0.05) is 17.7 Å². The molecule has 0 spiro atoms. The highest BCUT2D eigenvalue weighted by Crippen LogP contribution is 2.36. The lowest BCUT2D eigenvalue weighted by Gasteiger charge is -2.12. The summed E-state index contributed by atoms with van der Waals surface area (Å²) in [6.07, 6.45) is 0. The lowest BCUT2D eigenvalue weighted by atomic mass is 10.2. The van der Waals surface area contributed by atoms with Crippen molar-refractivity contribution in [3.05, 3.63) is 61.6 Å². The summed E-state index contributed by atoms with van der Waals surface area (Å²) in [5.41, 5.74) is 0.336. The van der Waals surface area contributed by atoms with Crippen molar-refractivity contribution in [2.75, 3.05) is 0 Å². The Labute approximate surface area is 128 Å². The highest BCUT2D eigenvalue weighted by atomic mass is 79.9. The number of hydrogen-bond acceptors (Lipinski definition) is 4. The van der Waals surface area contributed by atoms with E-state index in [1.54, 1.807) is 18.2 Å². The number of nitro benzene ring substituents is 1. The minimum atomic E-state index is -0.510. The summed E-state index contributed by atoms with van der Waals surface area (Å²) in [6.45, 7) is -0.290. The number of halogens is 2. The van der Waals surface area contributed by atoms with Crippen LogP contribution in [0.2, 0.25) is 5.02 Å². The molecule has 0 aliphatic carbocycles. The lowest BCUT2D eigenvalue weighted by molar-refractivity contribution is -0.384. The Hall–Kier alpha value is -1.63. The zero-order valence-corrected chi connectivity index (χ0v) is 12.4. The van der Waals surface area contributed by atoms with E-state index >= 15 is 0 Å². The topological polar surface area (TPSA) is 72.6 Å². The number of nitro groups is 1. The molecule has 0 aromatic heterocycles. The smallest absolute Gasteiger partial charge is 0.273 e. The second-order valence-corrected chi connectivity index (χ2v) is 5.11. The molecule has 2 rings (SSSR count). The first-order valence-electron chi connectivity index (χ1n) is 5.53. The minimum absolute atomic E-state index is 0.0872. The normalized spacial score (nSPS) is 10.3. The van der Waals surface area contributed by atoms with Gasteiger partial charge in [0, 0.05) is 16.7 Å². The van der Waals surface area contributed by atoms with Crippen LogP contribution in [0.25, 0.3) is 0 Å². The van der Waals surface area contributed by atoms with Crippen LogP contribution in [0.4, 0.5) is 5.69 Å². The van der Waals surface area contributed by atoms with Crippen LogP contribution in [0.5, 0.6) is 11.5 Å². The number of hydrogen-bond donors (Lipinski definition) is 1. The molecule has 1 N–H and O–H groups in total. The molecule has 0 amide bonds. The zero-order chi connectivity index (χ0) is 14.7. The largest absolute Gasteiger partial charge is 0.455 e. The van der Waals surface area contributed by atoms with Crippen LogP contribution in [-0.2, 0) is 6.61 Å². The SMILES string of the molecule is O=[N+]([O-])c1ccc(Br)c(Oc2cccc(Cl)c2CO)c1. The number of rotatable bonds is 4. The van der Waals surface area contributed by atoms with Gasteiger partial charge in [0.05, 0.1) is 22.1 Å². The zero-order valence-electron chi connectivity index (χ0n) is 10.0. The van der Waals surface area contributed by atoms with E-state index in [1.807, 2.05) is 0 Å². The Kier molecular flexibility index (Phi) is 4.59. The predicted molar refractivity (Wildman–Crippen MR) is 78.2 cm³/mol. The van der Waals surface area contributed by atoms with E-state index in [-0.39, 0.29) is 18.0 Å². The van der Waals surface area contributed by atoms with Gasteiger partial charge in [-0.15, -0.1) is 0 Å². The Balaban J connectivity index is 2.42.